The maximum Gasteiger partial charge on any atom is 0.435 e. The molecule has 344 valence electrons. The molecule has 0 spiro atoms. The van der Waals surface area contributed by atoms with Gasteiger partial charge in [-0.05, 0) is 140 Å². The summed E-state index contributed by atoms with van der Waals surface area (Å²) in [5, 5.41) is -0.531. The highest BCUT2D eigenvalue weighted by Crippen LogP contribution is 2.61. The molecule has 3 aromatic heterocycles. The monoisotopic (exact) mass is 978 g/mol. The van der Waals surface area contributed by atoms with Crippen LogP contribution in [0.4, 0.5) is 11.8 Å². The van der Waals surface area contributed by atoms with Crippen LogP contribution in [0, 0.1) is 0 Å². The molecule has 2 aliphatic heterocycles. The Balaban J connectivity index is 0.000000157. The normalized spacial score (nSPS) is 14.9. The third kappa shape index (κ3) is 14.9. The van der Waals surface area contributed by atoms with Crippen molar-refractivity contribution in [3.8, 4) is 0 Å². The summed E-state index contributed by atoms with van der Waals surface area (Å²) >= 11 is 13.8. The van der Waals surface area contributed by atoms with Gasteiger partial charge in [0.2, 0.25) is 17.6 Å². The van der Waals surface area contributed by atoms with Crippen molar-refractivity contribution in [3.05, 3.63) is 145 Å². The SMILES string of the molecule is C/C=C/C(=O)N1CCC(c2ccccc2)CC1.CCOP(=O)(Nc1nc2ccccc2[nH]1)OCC.O=P(Cl)(Cl)Cl.c1ccc(C2CCN(c3ccn4c(n3)nc3ccccc34)CC2)cc1. The third-order valence-electron chi connectivity index (χ3n) is 10.9. The first-order chi connectivity index (χ1) is 31.4. The lowest BCUT2D eigenvalue weighted by Crippen LogP contribution is -2.36. The second kappa shape index (κ2) is 24.2. The summed E-state index contributed by atoms with van der Waals surface area (Å²) in [7, 11) is -3.34. The molecule has 0 unspecified atom stereocenters. The lowest BCUT2D eigenvalue weighted by molar-refractivity contribution is -0.127. The maximum atomic E-state index is 12.2. The van der Waals surface area contributed by atoms with Crippen molar-refractivity contribution < 1.29 is 23.0 Å². The van der Waals surface area contributed by atoms with Gasteiger partial charge in [0.05, 0.1) is 35.3 Å². The van der Waals surface area contributed by atoms with E-state index in [0.29, 0.717) is 31.0 Å². The fourth-order valence-corrected chi connectivity index (χ4v) is 9.11. The Labute approximate surface area is 394 Å². The molecule has 65 heavy (non-hydrogen) atoms. The molecule has 9 rings (SSSR count). The van der Waals surface area contributed by atoms with Crippen molar-refractivity contribution in [2.24, 2.45) is 0 Å². The number of benzene rings is 4. The van der Waals surface area contributed by atoms with E-state index in [-0.39, 0.29) is 5.91 Å². The number of nitrogens with zero attached hydrogens (tertiary/aromatic N) is 6. The number of likely N-dealkylation sites (tertiary alicyclic amines) is 1. The minimum absolute atomic E-state index is 0.152. The zero-order valence-electron chi connectivity index (χ0n) is 36.7. The number of hydrogen-bond donors (Lipinski definition) is 2. The summed E-state index contributed by atoms with van der Waals surface area (Å²) in [4.78, 5) is 32.8. The number of hydrogen-bond acceptors (Lipinski definition) is 9. The molecular formula is C47H55Cl3N8O5P2. The van der Waals surface area contributed by atoms with Crippen molar-refractivity contribution >= 4 is 92.2 Å². The molecule has 0 aliphatic carbocycles. The number of amides is 1. The van der Waals surface area contributed by atoms with Gasteiger partial charge in [-0.25, -0.2) is 14.5 Å². The van der Waals surface area contributed by atoms with Gasteiger partial charge in [0, 0.05) is 32.4 Å². The van der Waals surface area contributed by atoms with E-state index in [1.807, 2.05) is 66.4 Å². The number of H-pyrrole nitrogens is 1. The molecule has 13 nitrogen and oxygen atoms in total. The summed E-state index contributed by atoms with van der Waals surface area (Å²) < 4.78 is 34.1. The first-order valence-corrected chi connectivity index (χ1v) is 27.6. The Bertz CT molecular complexity index is 2650. The highest BCUT2D eigenvalue weighted by molar-refractivity contribution is 8.24. The lowest BCUT2D eigenvalue weighted by atomic mass is 9.89. The number of piperidine rings is 2. The maximum absolute atomic E-state index is 12.2. The summed E-state index contributed by atoms with van der Waals surface area (Å²) in [6, 6.07) is 39.3. The van der Waals surface area contributed by atoms with Crippen LogP contribution in [0.2, 0.25) is 0 Å². The van der Waals surface area contributed by atoms with Crippen LogP contribution in [0.5, 0.6) is 0 Å². The van der Waals surface area contributed by atoms with Gasteiger partial charge in [-0.3, -0.25) is 27.9 Å². The summed E-state index contributed by atoms with van der Waals surface area (Å²) in [5.74, 6) is 3.62. The number of fused-ring (bicyclic) bond motifs is 4. The topological polar surface area (TPSA) is 147 Å². The number of halogens is 3. The third-order valence-corrected chi connectivity index (χ3v) is 12.6. The number of rotatable bonds is 10. The van der Waals surface area contributed by atoms with Gasteiger partial charge >= 0.3 is 12.9 Å². The minimum Gasteiger partial charge on any atom is -0.356 e. The van der Waals surface area contributed by atoms with Gasteiger partial charge in [-0.1, -0.05) is 91.0 Å². The van der Waals surface area contributed by atoms with Crippen LogP contribution in [0.3, 0.4) is 0 Å². The van der Waals surface area contributed by atoms with Crippen LogP contribution in [0.15, 0.2) is 134 Å². The van der Waals surface area contributed by atoms with Gasteiger partial charge in [-0.2, -0.15) is 4.98 Å². The Hall–Kier alpha value is -4.71. The largest absolute Gasteiger partial charge is 0.435 e. The average Bonchev–Trinajstić information content (AvgIpc) is 3.90. The zero-order valence-corrected chi connectivity index (χ0v) is 40.7. The quantitative estimate of drug-likeness (QED) is 0.100. The standard InChI is InChI=1S/C21H20N4.C15H19NO.C11H16N3O3P.Cl3OP/c1-2-6-16(7-3-1)17-10-13-24(14-11-17)20-12-15-25-19-9-5-4-8-18(19)22-21(25)23-20;1-2-6-15(17)16-11-9-14(10-12-16)13-7-4-3-5-8-13;1-3-16-18(15,17-4-2)14-11-12-9-7-5-6-8-10(9)13-11;1-5(2,3)4/h1-9,12,15,17H,10-11,13-14H2;2-8,14H,9-12H2,1H3;5-8H,3-4H2,1-2H3,(H2,12,13,14,15);/b;6-2+;;. The van der Waals surface area contributed by atoms with Gasteiger partial charge in [0.25, 0.3) is 0 Å². The highest BCUT2D eigenvalue weighted by atomic mass is 36.0. The van der Waals surface area contributed by atoms with Crippen LogP contribution in [0.25, 0.3) is 27.8 Å². The first kappa shape index (κ1) is 49.7. The zero-order chi connectivity index (χ0) is 46.2. The number of carbonyl (C=O) groups excluding carboxylic acids is 1. The molecule has 18 heteroatoms. The van der Waals surface area contributed by atoms with Crippen LogP contribution in [-0.4, -0.2) is 74.5 Å². The molecule has 0 radical (unpaired) electrons. The number of imidazole rings is 2. The van der Waals surface area contributed by atoms with E-state index in [4.69, 9.17) is 14.0 Å². The predicted molar refractivity (Wildman–Crippen MR) is 267 cm³/mol. The Morgan fingerprint density at radius 3 is 1.80 bits per heavy atom. The Kier molecular flexibility index (Phi) is 18.5. The number of aromatic amines is 1. The lowest BCUT2D eigenvalue weighted by Gasteiger charge is -2.33. The highest BCUT2D eigenvalue weighted by Gasteiger charge is 2.26. The molecule has 0 saturated carbocycles. The van der Waals surface area contributed by atoms with E-state index in [9.17, 15) is 13.9 Å². The summed E-state index contributed by atoms with van der Waals surface area (Å²) in [5.41, 5.74) is 6.63. The predicted octanol–water partition coefficient (Wildman–Crippen LogP) is 13.2. The molecule has 4 aromatic carbocycles. The van der Waals surface area contributed by atoms with Crippen molar-refractivity contribution in [1.82, 2.24) is 29.2 Å². The Morgan fingerprint density at radius 2 is 1.25 bits per heavy atom. The number of para-hydroxylation sites is 4. The number of aromatic nitrogens is 5. The van der Waals surface area contributed by atoms with Crippen molar-refractivity contribution in [2.45, 2.75) is 58.3 Å². The second-order valence-corrected chi connectivity index (χ2v) is 23.6. The average molecular weight is 980 g/mol. The van der Waals surface area contributed by atoms with Gasteiger partial charge in [0.1, 0.15) is 5.82 Å². The van der Waals surface area contributed by atoms with Crippen LogP contribution < -0.4 is 9.99 Å². The molecule has 1 amide bonds. The first-order valence-electron chi connectivity index (χ1n) is 21.7. The molecule has 0 atom stereocenters. The number of anilines is 2. The van der Waals surface area contributed by atoms with Gasteiger partial charge < -0.3 is 14.8 Å². The van der Waals surface area contributed by atoms with Gasteiger partial charge in [-0.15, -0.1) is 0 Å². The summed E-state index contributed by atoms with van der Waals surface area (Å²) in [6.45, 7) is 9.83. The fourth-order valence-electron chi connectivity index (χ4n) is 7.87. The van der Waals surface area contributed by atoms with E-state index >= 15 is 0 Å². The molecule has 2 N–H and O–H groups in total. The van der Waals surface area contributed by atoms with Crippen molar-refractivity contribution in [3.63, 3.8) is 0 Å². The van der Waals surface area contributed by atoms with Crippen LogP contribution >= 0.6 is 46.7 Å². The molecule has 5 heterocycles. The van der Waals surface area contributed by atoms with E-state index in [0.717, 1.165) is 72.7 Å². The van der Waals surface area contributed by atoms with Crippen molar-refractivity contribution in [2.75, 3.05) is 49.4 Å². The summed E-state index contributed by atoms with van der Waals surface area (Å²) in [6.07, 6.45) is 10.1. The fraction of sp³-hybridized carbons (Fsp3) is 0.319. The molecule has 7 aromatic rings. The van der Waals surface area contributed by atoms with Crippen LogP contribution in [0.1, 0.15) is 69.4 Å². The van der Waals surface area contributed by atoms with Gasteiger partial charge in [0.15, 0.2) is 0 Å². The molecule has 2 aliphatic rings. The number of carbonyl (C=O) groups is 1. The number of allylic oxidation sites excluding steroid dienone is 1. The van der Waals surface area contributed by atoms with E-state index < -0.39 is 12.9 Å². The number of nitrogens with one attached hydrogen (secondary N) is 2. The molecule has 2 fully saturated rings. The Morgan fingerprint density at radius 1 is 0.723 bits per heavy atom. The van der Waals surface area contributed by atoms with E-state index in [2.05, 4.69) is 136 Å². The van der Waals surface area contributed by atoms with Crippen LogP contribution in [-0.2, 0) is 23.0 Å². The van der Waals surface area contributed by atoms with Crippen molar-refractivity contribution in [1.29, 1.82) is 0 Å². The van der Waals surface area contributed by atoms with E-state index in [1.165, 1.54) is 24.0 Å². The van der Waals surface area contributed by atoms with E-state index in [1.54, 1.807) is 19.9 Å². The smallest absolute Gasteiger partial charge is 0.356 e. The molecular weight excluding hydrogens is 925 g/mol. The minimum atomic E-state index is -3.34. The second-order valence-electron chi connectivity index (χ2n) is 15.2. The molecule has 0 bridgehead atoms. The molecule has 2 saturated heterocycles.